The standard InChI is InChI=1S/C10H15N5O5S/c1-2-14-21(19,20)4-3-12-10(16)8-5-7(15(17)18)6-13-9(8)11/h5-6,14H,2-4H2,1H3,(H2,11,13)(H,12,16). The molecule has 0 spiro atoms. The van der Waals surface area contributed by atoms with Crippen LogP contribution < -0.4 is 15.8 Å². The average molecular weight is 317 g/mol. The molecule has 11 heteroatoms. The first-order chi connectivity index (χ1) is 9.76. The summed E-state index contributed by atoms with van der Waals surface area (Å²) in [6.45, 7) is 1.72. The van der Waals surface area contributed by atoms with Crippen LogP contribution in [0.15, 0.2) is 12.3 Å². The topological polar surface area (TPSA) is 157 Å². The molecule has 1 heterocycles. The number of rotatable bonds is 7. The van der Waals surface area contributed by atoms with Crippen LogP contribution in [0.2, 0.25) is 0 Å². The molecule has 0 aliphatic heterocycles. The van der Waals surface area contributed by atoms with Crippen molar-refractivity contribution < 1.29 is 18.1 Å². The van der Waals surface area contributed by atoms with Gasteiger partial charge in [-0.05, 0) is 0 Å². The number of sulfonamides is 1. The highest BCUT2D eigenvalue weighted by atomic mass is 32.2. The highest BCUT2D eigenvalue weighted by molar-refractivity contribution is 7.89. The van der Waals surface area contributed by atoms with Gasteiger partial charge in [0.05, 0.1) is 16.2 Å². The first-order valence-electron chi connectivity index (χ1n) is 5.92. The minimum absolute atomic E-state index is 0.156. The summed E-state index contributed by atoms with van der Waals surface area (Å²) in [6, 6.07) is 0.983. The molecule has 116 valence electrons. The van der Waals surface area contributed by atoms with Crippen LogP contribution in [0.3, 0.4) is 0 Å². The van der Waals surface area contributed by atoms with Gasteiger partial charge in [-0.15, -0.1) is 0 Å². The molecule has 0 radical (unpaired) electrons. The second-order valence-corrected chi connectivity index (χ2v) is 5.88. The number of nitro groups is 1. The van der Waals surface area contributed by atoms with E-state index in [1.165, 1.54) is 0 Å². The summed E-state index contributed by atoms with van der Waals surface area (Å²) in [4.78, 5) is 25.3. The van der Waals surface area contributed by atoms with Gasteiger partial charge in [0.1, 0.15) is 12.0 Å². The molecule has 0 fully saturated rings. The molecule has 0 atom stereocenters. The maximum atomic E-state index is 11.8. The second-order valence-electron chi connectivity index (χ2n) is 3.96. The molecular formula is C10H15N5O5S. The number of nitrogens with zero attached hydrogens (tertiary/aromatic N) is 2. The fraction of sp³-hybridized carbons (Fsp3) is 0.400. The molecule has 0 saturated heterocycles. The zero-order valence-corrected chi connectivity index (χ0v) is 12.0. The molecule has 1 amide bonds. The number of carbonyl (C=O) groups is 1. The van der Waals surface area contributed by atoms with Crippen molar-refractivity contribution in [2.24, 2.45) is 0 Å². The summed E-state index contributed by atoms with van der Waals surface area (Å²) in [5.74, 6) is -1.21. The molecule has 10 nitrogen and oxygen atoms in total. The van der Waals surface area contributed by atoms with Gasteiger partial charge in [0, 0.05) is 19.2 Å². The van der Waals surface area contributed by atoms with Gasteiger partial charge in [0.15, 0.2) is 0 Å². The molecule has 1 aromatic rings. The second kappa shape index (κ2) is 6.95. The first-order valence-corrected chi connectivity index (χ1v) is 7.57. The monoisotopic (exact) mass is 317 g/mol. The number of carbonyl (C=O) groups excluding carboxylic acids is 1. The van der Waals surface area contributed by atoms with Crippen LogP contribution in [-0.4, -0.2) is 43.1 Å². The first kappa shape index (κ1) is 16.8. The summed E-state index contributed by atoms with van der Waals surface area (Å²) in [5, 5.41) is 12.9. The third-order valence-electron chi connectivity index (χ3n) is 2.38. The Morgan fingerprint density at radius 2 is 2.19 bits per heavy atom. The summed E-state index contributed by atoms with van der Waals surface area (Å²) >= 11 is 0. The quantitative estimate of drug-likeness (QED) is 0.440. The van der Waals surface area contributed by atoms with E-state index in [9.17, 15) is 23.3 Å². The van der Waals surface area contributed by atoms with Crippen molar-refractivity contribution in [3.63, 3.8) is 0 Å². The van der Waals surface area contributed by atoms with Crippen molar-refractivity contribution in [3.05, 3.63) is 27.9 Å². The maximum absolute atomic E-state index is 11.8. The summed E-state index contributed by atoms with van der Waals surface area (Å²) < 4.78 is 25.0. The van der Waals surface area contributed by atoms with Crippen LogP contribution in [-0.2, 0) is 10.0 Å². The Balaban J connectivity index is 2.72. The lowest BCUT2D eigenvalue weighted by Gasteiger charge is -2.07. The van der Waals surface area contributed by atoms with E-state index in [1.54, 1.807) is 6.92 Å². The number of nitrogen functional groups attached to an aromatic ring is 1. The molecule has 0 aliphatic carbocycles. The average Bonchev–Trinajstić information content (AvgIpc) is 2.38. The zero-order chi connectivity index (χ0) is 16.0. The predicted molar refractivity (Wildman–Crippen MR) is 75.1 cm³/mol. The van der Waals surface area contributed by atoms with Gasteiger partial charge in [-0.2, -0.15) is 0 Å². The van der Waals surface area contributed by atoms with Gasteiger partial charge in [0.25, 0.3) is 11.6 Å². The van der Waals surface area contributed by atoms with Crippen LogP contribution >= 0.6 is 0 Å². The lowest BCUT2D eigenvalue weighted by atomic mass is 10.2. The van der Waals surface area contributed by atoms with Crippen molar-refractivity contribution in [1.82, 2.24) is 15.0 Å². The highest BCUT2D eigenvalue weighted by Crippen LogP contribution is 2.16. The van der Waals surface area contributed by atoms with E-state index in [1.807, 2.05) is 0 Å². The number of aromatic nitrogens is 1. The molecule has 0 saturated carbocycles. The largest absolute Gasteiger partial charge is 0.383 e. The Labute approximate surface area is 120 Å². The van der Waals surface area contributed by atoms with Gasteiger partial charge in [-0.1, -0.05) is 6.92 Å². The summed E-state index contributed by atoms with van der Waals surface area (Å²) in [5.41, 5.74) is 4.91. The molecule has 0 unspecified atom stereocenters. The summed E-state index contributed by atoms with van der Waals surface area (Å²) in [7, 11) is -3.46. The summed E-state index contributed by atoms with van der Waals surface area (Å²) in [6.07, 6.45) is 0.932. The zero-order valence-electron chi connectivity index (χ0n) is 11.2. The van der Waals surface area contributed by atoms with Gasteiger partial charge >= 0.3 is 0 Å². The van der Waals surface area contributed by atoms with Gasteiger partial charge in [-0.3, -0.25) is 14.9 Å². The van der Waals surface area contributed by atoms with Crippen LogP contribution in [0.4, 0.5) is 11.5 Å². The van der Waals surface area contributed by atoms with E-state index in [4.69, 9.17) is 5.73 Å². The highest BCUT2D eigenvalue weighted by Gasteiger charge is 2.17. The van der Waals surface area contributed by atoms with Crippen molar-refractivity contribution in [1.29, 1.82) is 0 Å². The fourth-order valence-electron chi connectivity index (χ4n) is 1.43. The van der Waals surface area contributed by atoms with E-state index in [-0.39, 0.29) is 35.9 Å². The predicted octanol–water partition coefficient (Wildman–Crippen LogP) is -0.759. The lowest BCUT2D eigenvalue weighted by Crippen LogP contribution is -2.34. The van der Waals surface area contributed by atoms with Crippen molar-refractivity contribution in [2.45, 2.75) is 6.92 Å². The van der Waals surface area contributed by atoms with Gasteiger partial charge in [0.2, 0.25) is 10.0 Å². The smallest absolute Gasteiger partial charge is 0.288 e. The number of nitrogens with two attached hydrogens (primary N) is 1. The van der Waals surface area contributed by atoms with Crippen molar-refractivity contribution in [2.75, 3.05) is 24.6 Å². The minimum atomic E-state index is -3.46. The number of nitrogens with one attached hydrogen (secondary N) is 2. The normalized spacial score (nSPS) is 11.1. The number of hydrogen-bond acceptors (Lipinski definition) is 7. The Bertz CT molecular complexity index is 645. The van der Waals surface area contributed by atoms with Crippen molar-refractivity contribution >= 4 is 27.4 Å². The SMILES string of the molecule is CCNS(=O)(=O)CCNC(=O)c1cc([N+](=O)[O-])cnc1N. The van der Waals surface area contributed by atoms with Crippen molar-refractivity contribution in [3.8, 4) is 0 Å². The van der Waals surface area contributed by atoms with Crippen LogP contribution in [0.1, 0.15) is 17.3 Å². The molecule has 1 rings (SSSR count). The van der Waals surface area contributed by atoms with Gasteiger partial charge in [-0.25, -0.2) is 18.1 Å². The fourth-order valence-corrected chi connectivity index (χ4v) is 2.39. The number of pyridine rings is 1. The Hall–Kier alpha value is -2.27. The molecule has 0 bridgehead atoms. The third kappa shape index (κ3) is 4.96. The van der Waals surface area contributed by atoms with Gasteiger partial charge < -0.3 is 11.1 Å². The van der Waals surface area contributed by atoms with E-state index >= 15 is 0 Å². The Kier molecular flexibility index (Phi) is 5.55. The molecule has 1 aromatic heterocycles. The lowest BCUT2D eigenvalue weighted by molar-refractivity contribution is -0.385. The molecule has 4 N–H and O–H groups in total. The number of anilines is 1. The Morgan fingerprint density at radius 1 is 1.52 bits per heavy atom. The molecule has 0 aromatic carbocycles. The number of hydrogen-bond donors (Lipinski definition) is 3. The van der Waals surface area contributed by atoms with Crippen LogP contribution in [0, 0.1) is 10.1 Å². The van der Waals surface area contributed by atoms with Crippen LogP contribution in [0.5, 0.6) is 0 Å². The molecular weight excluding hydrogens is 302 g/mol. The van der Waals surface area contributed by atoms with E-state index < -0.39 is 20.9 Å². The molecule has 0 aliphatic rings. The molecule has 21 heavy (non-hydrogen) atoms. The minimum Gasteiger partial charge on any atom is -0.383 e. The number of amides is 1. The maximum Gasteiger partial charge on any atom is 0.288 e. The van der Waals surface area contributed by atoms with Crippen LogP contribution in [0.25, 0.3) is 0 Å². The van der Waals surface area contributed by atoms with E-state index in [2.05, 4.69) is 15.0 Å². The van der Waals surface area contributed by atoms with E-state index in [0.29, 0.717) is 0 Å². The van der Waals surface area contributed by atoms with E-state index in [0.717, 1.165) is 12.3 Å². The third-order valence-corrected chi connectivity index (χ3v) is 3.85. The Morgan fingerprint density at radius 3 is 2.76 bits per heavy atom.